The summed E-state index contributed by atoms with van der Waals surface area (Å²) in [6.07, 6.45) is 2.17. The van der Waals surface area contributed by atoms with Gasteiger partial charge in [-0.3, -0.25) is 0 Å². The molecular formula is C29H16Br2N2O2S4. The molecule has 7 rings (SSSR count). The lowest BCUT2D eigenvalue weighted by molar-refractivity contribution is 0.0600. The van der Waals surface area contributed by atoms with E-state index in [4.69, 9.17) is 9.73 Å². The molecule has 39 heavy (non-hydrogen) atoms. The van der Waals surface area contributed by atoms with Gasteiger partial charge in [-0.1, -0.05) is 12.1 Å². The minimum atomic E-state index is -0.351. The van der Waals surface area contributed by atoms with Crippen molar-refractivity contribution in [2.75, 3.05) is 7.11 Å². The van der Waals surface area contributed by atoms with Gasteiger partial charge in [0, 0.05) is 25.1 Å². The number of nitrogens with zero attached hydrogens (tertiary/aromatic N) is 1. The number of aromatic amines is 1. The van der Waals surface area contributed by atoms with Crippen LogP contribution in [0.4, 0.5) is 0 Å². The fraction of sp³-hybridized carbons (Fsp3) is 0.0345. The van der Waals surface area contributed by atoms with Crippen molar-refractivity contribution in [2.24, 2.45) is 4.99 Å². The summed E-state index contributed by atoms with van der Waals surface area (Å²) >= 11 is 14.1. The predicted molar refractivity (Wildman–Crippen MR) is 172 cm³/mol. The second-order valence-corrected chi connectivity index (χ2v) is 15.8. The number of carbonyl (C=O) groups excluding carboxylic acids is 1. The van der Waals surface area contributed by atoms with Gasteiger partial charge in [0.05, 0.1) is 51.7 Å². The number of halogens is 2. The van der Waals surface area contributed by atoms with Crippen molar-refractivity contribution in [1.29, 1.82) is 0 Å². The van der Waals surface area contributed by atoms with Crippen LogP contribution in [0.1, 0.15) is 21.6 Å². The summed E-state index contributed by atoms with van der Waals surface area (Å²) in [6.45, 7) is 0. The van der Waals surface area contributed by atoms with Crippen LogP contribution in [0.5, 0.6) is 0 Å². The number of ether oxygens (including phenoxy) is 1. The van der Waals surface area contributed by atoms with Gasteiger partial charge >= 0.3 is 5.97 Å². The van der Waals surface area contributed by atoms with Crippen molar-refractivity contribution in [3.05, 3.63) is 107 Å². The number of fused-ring (bicyclic) bond motifs is 2. The van der Waals surface area contributed by atoms with Crippen molar-refractivity contribution in [2.45, 2.75) is 0 Å². The zero-order valence-corrected chi connectivity index (χ0v) is 26.5. The molecule has 0 atom stereocenters. The van der Waals surface area contributed by atoms with Crippen molar-refractivity contribution < 1.29 is 9.53 Å². The highest BCUT2D eigenvalue weighted by atomic mass is 79.9. The third-order valence-corrected chi connectivity index (χ3v) is 12.1. The molecule has 4 nitrogen and oxygen atoms in total. The first-order chi connectivity index (χ1) is 18.9. The van der Waals surface area contributed by atoms with E-state index in [-0.39, 0.29) is 5.97 Å². The molecule has 0 radical (unpaired) electrons. The van der Waals surface area contributed by atoms with Gasteiger partial charge in [0.2, 0.25) is 0 Å². The molecule has 10 heteroatoms. The number of methoxy groups -OCH3 is 1. The van der Waals surface area contributed by atoms with E-state index < -0.39 is 0 Å². The first-order valence-corrected chi connectivity index (χ1v) is 16.6. The summed E-state index contributed by atoms with van der Waals surface area (Å²) in [6, 6.07) is 22.5. The van der Waals surface area contributed by atoms with E-state index in [1.165, 1.54) is 31.3 Å². The molecule has 1 N–H and O–H groups in total. The Bertz CT molecular complexity index is 1990. The van der Waals surface area contributed by atoms with E-state index >= 15 is 0 Å². The van der Waals surface area contributed by atoms with Crippen molar-refractivity contribution in [1.82, 2.24) is 4.98 Å². The fourth-order valence-corrected chi connectivity index (χ4v) is 9.56. The average molecular weight is 713 g/mol. The molecule has 1 aliphatic rings. The lowest BCUT2D eigenvalue weighted by atomic mass is 9.99. The molecule has 5 aromatic heterocycles. The van der Waals surface area contributed by atoms with Crippen LogP contribution in [-0.2, 0) is 4.74 Å². The maximum absolute atomic E-state index is 12.1. The molecule has 192 valence electrons. The Labute approximate surface area is 255 Å². The molecule has 0 unspecified atom stereocenters. The van der Waals surface area contributed by atoms with E-state index in [2.05, 4.69) is 85.4 Å². The lowest BCUT2D eigenvalue weighted by Gasteiger charge is -2.09. The van der Waals surface area contributed by atoms with Gasteiger partial charge in [0.15, 0.2) is 0 Å². The third-order valence-electron chi connectivity index (χ3n) is 6.31. The van der Waals surface area contributed by atoms with Gasteiger partial charge in [0.1, 0.15) is 0 Å². The topological polar surface area (TPSA) is 54.4 Å². The summed E-state index contributed by atoms with van der Waals surface area (Å²) < 4.78 is 9.47. The van der Waals surface area contributed by atoms with Crippen LogP contribution in [0.3, 0.4) is 0 Å². The van der Waals surface area contributed by atoms with E-state index in [0.717, 1.165) is 45.5 Å². The molecule has 0 amide bonds. The van der Waals surface area contributed by atoms with Gasteiger partial charge in [-0.05, 0) is 98.1 Å². The van der Waals surface area contributed by atoms with Crippen molar-refractivity contribution >= 4 is 105 Å². The number of carbonyl (C=O) groups is 1. The summed E-state index contributed by atoms with van der Waals surface area (Å²) in [4.78, 5) is 25.7. The van der Waals surface area contributed by atoms with Crippen LogP contribution >= 0.6 is 77.2 Å². The Balaban J connectivity index is 1.34. The molecule has 0 saturated carbocycles. The minimum absolute atomic E-state index is 0.351. The van der Waals surface area contributed by atoms with Gasteiger partial charge in [-0.25, -0.2) is 9.79 Å². The Kier molecular flexibility index (Phi) is 6.57. The largest absolute Gasteiger partial charge is 0.465 e. The predicted octanol–water partition coefficient (Wildman–Crippen LogP) is 8.93. The third kappa shape index (κ3) is 4.73. The number of hydrogen-bond donors (Lipinski definition) is 1. The number of thiophene rings is 4. The van der Waals surface area contributed by atoms with E-state index in [0.29, 0.717) is 5.56 Å². The van der Waals surface area contributed by atoms with E-state index in [1.54, 1.807) is 57.5 Å². The number of aromatic nitrogens is 1. The maximum atomic E-state index is 12.1. The monoisotopic (exact) mass is 710 g/mol. The van der Waals surface area contributed by atoms with Crippen LogP contribution in [0.2, 0.25) is 0 Å². The molecule has 0 saturated heterocycles. The number of rotatable bonds is 5. The Morgan fingerprint density at radius 3 is 2.05 bits per heavy atom. The molecule has 1 aliphatic heterocycles. The highest BCUT2D eigenvalue weighted by Crippen LogP contribution is 2.41. The normalized spacial score (nSPS) is 13.8. The Morgan fingerprint density at radius 1 is 0.795 bits per heavy atom. The summed E-state index contributed by atoms with van der Waals surface area (Å²) in [7, 11) is 1.40. The number of benzene rings is 1. The quantitative estimate of drug-likeness (QED) is 0.182. The molecular weight excluding hydrogens is 696 g/mol. The van der Waals surface area contributed by atoms with Crippen molar-refractivity contribution in [3.8, 4) is 19.5 Å². The maximum Gasteiger partial charge on any atom is 0.337 e. The smallest absolute Gasteiger partial charge is 0.337 e. The molecule has 0 bridgehead atoms. The first-order valence-electron chi connectivity index (χ1n) is 11.7. The van der Waals surface area contributed by atoms with Gasteiger partial charge < -0.3 is 9.72 Å². The highest BCUT2D eigenvalue weighted by Gasteiger charge is 2.19. The summed E-state index contributed by atoms with van der Waals surface area (Å²) in [5.74, 6) is -0.351. The second-order valence-electron chi connectivity index (χ2n) is 8.72. The summed E-state index contributed by atoms with van der Waals surface area (Å²) in [5, 5.41) is 0.983. The molecule has 0 spiro atoms. The number of allylic oxidation sites excluding steroid dienone is 1. The van der Waals surface area contributed by atoms with Crippen LogP contribution in [0.15, 0.2) is 85.0 Å². The second kappa shape index (κ2) is 10.1. The van der Waals surface area contributed by atoms with Crippen molar-refractivity contribution in [3.63, 3.8) is 0 Å². The SMILES string of the molecule is COC(=O)c1ccc(/C(=C2\C=c3sc(-c4ccc(Br)s4)cc3=N2)c2cc3sc(-c4ccc(Br)s4)cc3[nH]2)cc1. The Hall–Kier alpha value is -2.60. The number of nitrogens with one attached hydrogen (secondary N) is 1. The van der Waals surface area contributed by atoms with E-state index in [9.17, 15) is 4.79 Å². The average Bonchev–Trinajstić information content (AvgIpc) is 3.74. The molecule has 6 heterocycles. The molecule has 0 fully saturated rings. The van der Waals surface area contributed by atoms with Crippen LogP contribution < -0.4 is 9.89 Å². The lowest BCUT2D eigenvalue weighted by Crippen LogP contribution is -2.12. The van der Waals surface area contributed by atoms with Gasteiger partial charge in [-0.15, -0.1) is 45.3 Å². The van der Waals surface area contributed by atoms with E-state index in [1.807, 2.05) is 12.1 Å². The van der Waals surface area contributed by atoms with Crippen LogP contribution in [0.25, 0.3) is 41.4 Å². The number of hydrogen-bond acceptors (Lipinski definition) is 7. The minimum Gasteiger partial charge on any atom is -0.465 e. The standard InChI is InChI=1S/C29H16Br2N2O2S4/c1-35-29(34)15-4-2-14(3-5-15)28(18-12-22-16(32-18)10-24(36-22)20-6-8-26(30)38-20)19-13-23-17(33-19)11-25(37-23)21-7-9-27(31)39-21/h2-13,32H,1H3/b28-19-. The zero-order valence-electron chi connectivity index (χ0n) is 20.1. The Morgan fingerprint density at radius 2 is 1.46 bits per heavy atom. The fourth-order valence-electron chi connectivity index (χ4n) is 4.53. The van der Waals surface area contributed by atoms with Crippen LogP contribution in [-0.4, -0.2) is 18.1 Å². The zero-order chi connectivity index (χ0) is 26.7. The number of H-pyrrole nitrogens is 1. The summed E-state index contributed by atoms with van der Waals surface area (Å²) in [5.41, 5.74) is 5.48. The van der Waals surface area contributed by atoms with Crippen LogP contribution in [0, 0.1) is 0 Å². The molecule has 0 aliphatic carbocycles. The highest BCUT2D eigenvalue weighted by molar-refractivity contribution is 9.11. The first kappa shape index (κ1) is 25.4. The molecule has 1 aromatic carbocycles. The number of esters is 1. The molecule has 6 aromatic rings. The van der Waals surface area contributed by atoms with Gasteiger partial charge in [0.25, 0.3) is 0 Å². The van der Waals surface area contributed by atoms with Gasteiger partial charge in [-0.2, -0.15) is 0 Å².